The maximum atomic E-state index is 9.91. The molecule has 0 fully saturated rings. The molecule has 0 rings (SSSR count). The van der Waals surface area contributed by atoms with Crippen molar-refractivity contribution in [1.29, 1.82) is 0 Å². The molecule has 0 aromatic carbocycles. The number of hydrogen-bond acceptors (Lipinski definition) is 3. The molecule has 0 radical (unpaired) electrons. The van der Waals surface area contributed by atoms with Crippen LogP contribution >= 0.6 is 0 Å². The lowest BCUT2D eigenvalue weighted by molar-refractivity contribution is 0.0410. The minimum atomic E-state index is 0.0550. The maximum Gasteiger partial charge on any atom is 0.155 e. The molecular weight excluding hydrogens is 166 g/mol. The molecule has 0 spiro atoms. The van der Waals surface area contributed by atoms with E-state index in [1.807, 2.05) is 0 Å². The molecule has 3 nitrogen and oxygen atoms in total. The summed E-state index contributed by atoms with van der Waals surface area (Å²) in [6, 6.07) is 0. The van der Waals surface area contributed by atoms with E-state index in [0.717, 1.165) is 25.7 Å². The Hall–Kier alpha value is -0.600. The van der Waals surface area contributed by atoms with Crippen molar-refractivity contribution >= 4 is 0 Å². The van der Waals surface area contributed by atoms with E-state index in [1.165, 1.54) is 19.3 Å². The molecule has 0 heterocycles. The van der Waals surface area contributed by atoms with Crippen LogP contribution in [0.25, 0.3) is 0 Å². The SMILES string of the molecule is CCCCCCC(CCC)ON=O. The van der Waals surface area contributed by atoms with Gasteiger partial charge in [-0.15, -0.1) is 4.91 Å². The topological polar surface area (TPSA) is 38.7 Å². The van der Waals surface area contributed by atoms with E-state index < -0.39 is 0 Å². The van der Waals surface area contributed by atoms with Crippen LogP contribution in [0.2, 0.25) is 0 Å². The normalized spacial score (nSPS) is 12.5. The lowest BCUT2D eigenvalue weighted by Crippen LogP contribution is -2.08. The number of unbranched alkanes of at least 4 members (excludes halogenated alkanes) is 3. The Morgan fingerprint density at radius 1 is 1.08 bits per heavy atom. The highest BCUT2D eigenvalue weighted by Gasteiger charge is 2.08. The van der Waals surface area contributed by atoms with Gasteiger partial charge < -0.3 is 4.84 Å². The zero-order chi connectivity index (χ0) is 9.94. The van der Waals surface area contributed by atoms with Gasteiger partial charge in [-0.1, -0.05) is 39.5 Å². The van der Waals surface area contributed by atoms with E-state index in [9.17, 15) is 4.91 Å². The molecule has 0 aliphatic heterocycles. The zero-order valence-electron chi connectivity index (χ0n) is 8.79. The average Bonchev–Trinajstić information content (AvgIpc) is 2.13. The third-order valence-electron chi connectivity index (χ3n) is 2.18. The molecule has 3 heteroatoms. The molecule has 0 N–H and O–H groups in total. The largest absolute Gasteiger partial charge is 0.361 e. The minimum Gasteiger partial charge on any atom is -0.361 e. The van der Waals surface area contributed by atoms with Crippen molar-refractivity contribution in [1.82, 2.24) is 0 Å². The highest BCUT2D eigenvalue weighted by molar-refractivity contribution is 4.56. The molecule has 0 amide bonds. The Labute approximate surface area is 80.8 Å². The second-order valence-electron chi connectivity index (χ2n) is 3.44. The van der Waals surface area contributed by atoms with Crippen LogP contribution in [0.1, 0.15) is 58.8 Å². The molecule has 13 heavy (non-hydrogen) atoms. The second-order valence-corrected chi connectivity index (χ2v) is 3.44. The molecule has 0 aromatic heterocycles. The zero-order valence-corrected chi connectivity index (χ0v) is 8.79. The monoisotopic (exact) mass is 187 g/mol. The minimum absolute atomic E-state index is 0.0550. The number of nitrogens with zero attached hydrogens (tertiary/aromatic N) is 1. The first kappa shape index (κ1) is 12.4. The van der Waals surface area contributed by atoms with Crippen LogP contribution in [0.4, 0.5) is 0 Å². The fourth-order valence-electron chi connectivity index (χ4n) is 1.43. The van der Waals surface area contributed by atoms with Gasteiger partial charge in [0.2, 0.25) is 0 Å². The van der Waals surface area contributed by atoms with Crippen molar-refractivity contribution in [3.05, 3.63) is 4.91 Å². The molecule has 0 saturated heterocycles. The molecule has 1 atom stereocenters. The van der Waals surface area contributed by atoms with Crippen LogP contribution in [-0.2, 0) is 4.84 Å². The Balaban J connectivity index is 3.38. The first-order valence-corrected chi connectivity index (χ1v) is 5.33. The van der Waals surface area contributed by atoms with E-state index in [4.69, 9.17) is 4.84 Å². The smallest absolute Gasteiger partial charge is 0.155 e. The van der Waals surface area contributed by atoms with Crippen molar-refractivity contribution in [3.63, 3.8) is 0 Å². The summed E-state index contributed by atoms with van der Waals surface area (Å²) < 4.78 is 0. The van der Waals surface area contributed by atoms with E-state index in [-0.39, 0.29) is 6.10 Å². The summed E-state index contributed by atoms with van der Waals surface area (Å²) in [4.78, 5) is 14.6. The average molecular weight is 187 g/mol. The van der Waals surface area contributed by atoms with Crippen molar-refractivity contribution < 1.29 is 4.84 Å². The molecule has 0 saturated carbocycles. The van der Waals surface area contributed by atoms with Crippen LogP contribution in [0.15, 0.2) is 5.34 Å². The van der Waals surface area contributed by atoms with Gasteiger partial charge in [-0.2, -0.15) is 0 Å². The van der Waals surface area contributed by atoms with Gasteiger partial charge >= 0.3 is 0 Å². The fourth-order valence-corrected chi connectivity index (χ4v) is 1.43. The quantitative estimate of drug-likeness (QED) is 0.312. The number of rotatable bonds is 9. The van der Waals surface area contributed by atoms with Crippen LogP contribution in [-0.4, -0.2) is 6.10 Å². The van der Waals surface area contributed by atoms with Crippen LogP contribution in [0, 0.1) is 4.91 Å². The predicted octanol–water partition coefficient (Wildman–Crippen LogP) is 3.82. The lowest BCUT2D eigenvalue weighted by atomic mass is 10.1. The summed E-state index contributed by atoms with van der Waals surface area (Å²) >= 11 is 0. The molecule has 0 aromatic rings. The molecular formula is C10H21NO2. The summed E-state index contributed by atoms with van der Waals surface area (Å²) in [6.45, 7) is 4.28. The lowest BCUT2D eigenvalue weighted by Gasteiger charge is -2.11. The van der Waals surface area contributed by atoms with E-state index in [1.54, 1.807) is 0 Å². The van der Waals surface area contributed by atoms with E-state index >= 15 is 0 Å². The van der Waals surface area contributed by atoms with Gasteiger partial charge in [0.05, 0.1) is 0 Å². The van der Waals surface area contributed by atoms with Crippen LogP contribution < -0.4 is 0 Å². The summed E-state index contributed by atoms with van der Waals surface area (Å²) in [5.41, 5.74) is 0. The van der Waals surface area contributed by atoms with Gasteiger partial charge in [-0.05, 0) is 19.3 Å². The van der Waals surface area contributed by atoms with Crippen molar-refractivity contribution in [2.45, 2.75) is 64.9 Å². The summed E-state index contributed by atoms with van der Waals surface area (Å²) in [6.07, 6.45) is 7.91. The van der Waals surface area contributed by atoms with Gasteiger partial charge in [-0.3, -0.25) is 0 Å². The van der Waals surface area contributed by atoms with Gasteiger partial charge in [0, 0.05) is 0 Å². The molecule has 0 aliphatic carbocycles. The molecule has 78 valence electrons. The van der Waals surface area contributed by atoms with Gasteiger partial charge in [0.1, 0.15) is 6.10 Å². The first-order valence-electron chi connectivity index (χ1n) is 5.33. The van der Waals surface area contributed by atoms with Gasteiger partial charge in [0.15, 0.2) is 5.34 Å². The fraction of sp³-hybridized carbons (Fsp3) is 1.00. The van der Waals surface area contributed by atoms with Crippen molar-refractivity contribution in [2.75, 3.05) is 0 Å². The summed E-state index contributed by atoms with van der Waals surface area (Å²) in [7, 11) is 0. The maximum absolute atomic E-state index is 9.91. The van der Waals surface area contributed by atoms with Crippen molar-refractivity contribution in [2.24, 2.45) is 5.34 Å². The highest BCUT2D eigenvalue weighted by atomic mass is 16.7. The van der Waals surface area contributed by atoms with Crippen LogP contribution in [0.3, 0.4) is 0 Å². The standard InChI is InChI=1S/C10H21NO2/c1-3-5-6-7-9-10(8-4-2)13-11-12/h10H,3-9H2,1-2H3. The van der Waals surface area contributed by atoms with Gasteiger partial charge in [-0.25, -0.2) is 0 Å². The van der Waals surface area contributed by atoms with Crippen LogP contribution in [0.5, 0.6) is 0 Å². The Bertz CT molecular complexity index is 117. The summed E-state index contributed by atoms with van der Waals surface area (Å²) in [5, 5.41) is 2.50. The Morgan fingerprint density at radius 2 is 1.85 bits per heavy atom. The van der Waals surface area contributed by atoms with Gasteiger partial charge in [0.25, 0.3) is 0 Å². The predicted molar refractivity (Wildman–Crippen MR) is 54.3 cm³/mol. The summed E-state index contributed by atoms with van der Waals surface area (Å²) in [5.74, 6) is 0. The molecule has 0 aliphatic rings. The van der Waals surface area contributed by atoms with Crippen molar-refractivity contribution in [3.8, 4) is 0 Å². The highest BCUT2D eigenvalue weighted by Crippen LogP contribution is 2.12. The molecule has 1 unspecified atom stereocenters. The third kappa shape index (κ3) is 7.75. The Kier molecular flexibility index (Phi) is 9.05. The Morgan fingerprint density at radius 3 is 2.38 bits per heavy atom. The number of hydrogen-bond donors (Lipinski definition) is 0. The molecule has 0 bridgehead atoms. The second kappa shape index (κ2) is 9.49. The van der Waals surface area contributed by atoms with E-state index in [2.05, 4.69) is 19.2 Å². The third-order valence-corrected chi connectivity index (χ3v) is 2.18. The first-order chi connectivity index (χ1) is 6.35. The van der Waals surface area contributed by atoms with E-state index in [0.29, 0.717) is 0 Å².